The lowest BCUT2D eigenvalue weighted by atomic mass is 9.94. The summed E-state index contributed by atoms with van der Waals surface area (Å²) < 4.78 is 10.6. The molecule has 2 heterocycles. The van der Waals surface area contributed by atoms with E-state index in [9.17, 15) is 14.9 Å². The Labute approximate surface area is 171 Å². The van der Waals surface area contributed by atoms with Gasteiger partial charge in [0.2, 0.25) is 5.91 Å². The highest BCUT2D eigenvalue weighted by Crippen LogP contribution is 2.38. The van der Waals surface area contributed by atoms with Crippen molar-refractivity contribution >= 4 is 34.4 Å². The zero-order valence-electron chi connectivity index (χ0n) is 15.8. The molecule has 2 atom stereocenters. The van der Waals surface area contributed by atoms with Crippen LogP contribution in [0.2, 0.25) is 0 Å². The van der Waals surface area contributed by atoms with Crippen LogP contribution in [0.3, 0.4) is 0 Å². The molecule has 9 heteroatoms. The predicted molar refractivity (Wildman–Crippen MR) is 107 cm³/mol. The summed E-state index contributed by atoms with van der Waals surface area (Å²) in [6.45, 7) is 1.51. The van der Waals surface area contributed by atoms with Crippen LogP contribution in [0.25, 0.3) is 6.08 Å². The van der Waals surface area contributed by atoms with Crippen LogP contribution < -0.4 is 10.6 Å². The number of alkyl carbamates (subject to hydrolysis) is 1. The monoisotopic (exact) mass is 415 g/mol. The fourth-order valence-corrected chi connectivity index (χ4v) is 4.26. The van der Waals surface area contributed by atoms with E-state index in [0.717, 1.165) is 10.4 Å². The van der Waals surface area contributed by atoms with E-state index in [4.69, 9.17) is 14.3 Å². The van der Waals surface area contributed by atoms with Gasteiger partial charge in [0.25, 0.3) is 0 Å². The second kappa shape index (κ2) is 9.41. The number of nitriles is 1. The molecule has 2 aromatic rings. The van der Waals surface area contributed by atoms with Gasteiger partial charge < -0.3 is 24.9 Å². The highest BCUT2D eigenvalue weighted by molar-refractivity contribution is 7.16. The summed E-state index contributed by atoms with van der Waals surface area (Å²) in [5.74, 6) is 0.196. The van der Waals surface area contributed by atoms with Crippen molar-refractivity contribution in [3.8, 4) is 6.07 Å². The lowest BCUT2D eigenvalue weighted by molar-refractivity contribution is -0.111. The zero-order chi connectivity index (χ0) is 20.8. The molecule has 3 rings (SSSR count). The third-order valence-electron chi connectivity index (χ3n) is 4.42. The van der Waals surface area contributed by atoms with Crippen LogP contribution in [-0.2, 0) is 22.4 Å². The Hall–Kier alpha value is -3.09. The Kier molecular flexibility index (Phi) is 6.69. The minimum absolute atomic E-state index is 0.169. The van der Waals surface area contributed by atoms with Crippen LogP contribution in [-0.4, -0.2) is 35.9 Å². The molecular formula is C20H21N3O5S. The van der Waals surface area contributed by atoms with Gasteiger partial charge in [-0.25, -0.2) is 4.79 Å². The van der Waals surface area contributed by atoms with Gasteiger partial charge in [-0.2, -0.15) is 5.26 Å². The number of aliphatic hydroxyl groups excluding tert-OH is 1. The van der Waals surface area contributed by atoms with Gasteiger partial charge in [-0.3, -0.25) is 4.79 Å². The van der Waals surface area contributed by atoms with Crippen molar-refractivity contribution in [2.75, 3.05) is 11.9 Å². The van der Waals surface area contributed by atoms with E-state index < -0.39 is 6.09 Å². The van der Waals surface area contributed by atoms with Crippen LogP contribution in [0.1, 0.15) is 35.1 Å². The van der Waals surface area contributed by atoms with Gasteiger partial charge >= 0.3 is 6.09 Å². The summed E-state index contributed by atoms with van der Waals surface area (Å²) in [6.07, 6.45) is 5.16. The molecule has 29 heavy (non-hydrogen) atoms. The summed E-state index contributed by atoms with van der Waals surface area (Å²) in [5.41, 5.74) is 1.35. The molecule has 0 bridgehead atoms. The van der Waals surface area contributed by atoms with Crippen molar-refractivity contribution in [1.29, 1.82) is 5.26 Å². The summed E-state index contributed by atoms with van der Waals surface area (Å²) in [4.78, 5) is 25.0. The molecule has 2 unspecified atom stereocenters. The highest BCUT2D eigenvalue weighted by atomic mass is 32.1. The number of fused-ring (bicyclic) bond motifs is 1. The van der Waals surface area contributed by atoms with Gasteiger partial charge in [-0.05, 0) is 43.5 Å². The van der Waals surface area contributed by atoms with Crippen molar-refractivity contribution in [2.24, 2.45) is 0 Å². The molecule has 8 nitrogen and oxygen atoms in total. The van der Waals surface area contributed by atoms with Gasteiger partial charge in [0, 0.05) is 17.4 Å². The maximum atomic E-state index is 12.2. The van der Waals surface area contributed by atoms with Gasteiger partial charge in [0.1, 0.15) is 22.9 Å². The summed E-state index contributed by atoms with van der Waals surface area (Å²) in [7, 11) is 0. The number of rotatable bonds is 6. The zero-order valence-corrected chi connectivity index (χ0v) is 16.6. The third-order valence-corrected chi connectivity index (χ3v) is 5.59. The molecule has 0 radical (unpaired) electrons. The molecular weight excluding hydrogens is 394 g/mol. The topological polar surface area (TPSA) is 125 Å². The second-order valence-electron chi connectivity index (χ2n) is 6.66. The molecule has 2 aromatic heterocycles. The van der Waals surface area contributed by atoms with E-state index in [1.165, 1.54) is 23.7 Å². The third kappa shape index (κ3) is 5.25. The highest BCUT2D eigenvalue weighted by Gasteiger charge is 2.28. The van der Waals surface area contributed by atoms with Gasteiger partial charge in [-0.15, -0.1) is 11.3 Å². The van der Waals surface area contributed by atoms with Gasteiger partial charge in [0.15, 0.2) is 0 Å². The van der Waals surface area contributed by atoms with Crippen molar-refractivity contribution in [3.05, 3.63) is 46.2 Å². The Morgan fingerprint density at radius 1 is 1.55 bits per heavy atom. The normalized spacial score (nSPS) is 16.7. The summed E-state index contributed by atoms with van der Waals surface area (Å²) in [5, 5.41) is 24.3. The Morgan fingerprint density at radius 3 is 3.07 bits per heavy atom. The number of hydrogen-bond acceptors (Lipinski definition) is 7. The van der Waals surface area contributed by atoms with E-state index in [1.54, 1.807) is 25.1 Å². The number of nitrogens with one attached hydrogen (secondary N) is 2. The Balaban J connectivity index is 1.65. The lowest BCUT2D eigenvalue weighted by Crippen LogP contribution is -2.38. The van der Waals surface area contributed by atoms with Crippen LogP contribution in [0, 0.1) is 11.3 Å². The molecule has 0 spiro atoms. The average Bonchev–Trinajstić information content (AvgIpc) is 3.32. The Morgan fingerprint density at radius 2 is 2.38 bits per heavy atom. The number of nitrogens with zero attached hydrogens (tertiary/aromatic N) is 1. The fourth-order valence-electron chi connectivity index (χ4n) is 2.99. The maximum Gasteiger partial charge on any atom is 0.407 e. The molecule has 1 aliphatic carbocycles. The second-order valence-corrected chi connectivity index (χ2v) is 7.76. The molecule has 0 saturated carbocycles. The van der Waals surface area contributed by atoms with Crippen molar-refractivity contribution in [2.45, 2.75) is 38.3 Å². The summed E-state index contributed by atoms with van der Waals surface area (Å²) >= 11 is 1.32. The van der Waals surface area contributed by atoms with E-state index >= 15 is 0 Å². The number of amides is 2. The number of carbonyl (C=O) groups excluding carboxylic acids is 2. The van der Waals surface area contributed by atoms with Crippen LogP contribution in [0.15, 0.2) is 28.9 Å². The predicted octanol–water partition coefficient (Wildman–Crippen LogP) is 2.83. The largest absolute Gasteiger partial charge is 0.465 e. The quantitative estimate of drug-likeness (QED) is 0.623. The first-order valence-electron chi connectivity index (χ1n) is 9.15. The van der Waals surface area contributed by atoms with Crippen molar-refractivity contribution in [3.63, 3.8) is 0 Å². The summed E-state index contributed by atoms with van der Waals surface area (Å²) in [6, 6.07) is 5.24. The molecule has 0 fully saturated rings. The molecule has 152 valence electrons. The smallest absolute Gasteiger partial charge is 0.407 e. The lowest BCUT2D eigenvalue weighted by Gasteiger charge is -2.23. The van der Waals surface area contributed by atoms with Crippen LogP contribution in [0.5, 0.6) is 0 Å². The first kappa shape index (κ1) is 20.6. The standard InChI is InChI=1S/C20H21N3O5S/c1-12(11-24)22-20(26)28-14-4-6-15-16(10-21)19(29-17(15)9-14)23-18(25)7-5-13-3-2-8-27-13/h2-3,5,7-8,12,14,24H,4,6,9,11H2,1H3,(H,22,26)(H,23,25). The average molecular weight is 415 g/mol. The number of thiophene rings is 1. The number of furan rings is 1. The van der Waals surface area contributed by atoms with E-state index in [-0.39, 0.29) is 24.7 Å². The molecule has 2 amide bonds. The first-order chi connectivity index (χ1) is 14.0. The molecule has 3 N–H and O–H groups in total. The minimum Gasteiger partial charge on any atom is -0.465 e. The van der Waals surface area contributed by atoms with Gasteiger partial charge in [0.05, 0.1) is 24.5 Å². The van der Waals surface area contributed by atoms with E-state index in [2.05, 4.69) is 16.7 Å². The molecule has 0 saturated heterocycles. The van der Waals surface area contributed by atoms with Crippen molar-refractivity contribution < 1.29 is 23.8 Å². The van der Waals surface area contributed by atoms with Crippen LogP contribution >= 0.6 is 11.3 Å². The number of anilines is 1. The maximum absolute atomic E-state index is 12.2. The minimum atomic E-state index is -0.575. The number of hydrogen-bond donors (Lipinski definition) is 3. The Bertz CT molecular complexity index is 942. The number of aliphatic hydroxyl groups is 1. The first-order valence-corrected chi connectivity index (χ1v) is 9.97. The molecule has 1 aliphatic rings. The molecule has 0 aromatic carbocycles. The number of ether oxygens (including phenoxy) is 1. The van der Waals surface area contributed by atoms with Gasteiger partial charge in [-0.1, -0.05) is 0 Å². The molecule has 0 aliphatic heterocycles. The van der Waals surface area contributed by atoms with Crippen molar-refractivity contribution in [1.82, 2.24) is 5.32 Å². The number of carbonyl (C=O) groups is 2. The van der Waals surface area contributed by atoms with E-state index in [1.807, 2.05) is 0 Å². The fraction of sp³-hybridized carbons (Fsp3) is 0.350. The van der Waals surface area contributed by atoms with Crippen LogP contribution in [0.4, 0.5) is 9.80 Å². The SMILES string of the molecule is CC(CO)NC(=O)OC1CCc2c(sc(NC(=O)C=Cc3ccco3)c2C#N)C1. The van der Waals surface area contributed by atoms with E-state index in [0.29, 0.717) is 35.6 Å².